The van der Waals surface area contributed by atoms with Crippen molar-refractivity contribution in [3.63, 3.8) is 0 Å². The molecule has 0 bridgehead atoms. The number of rotatable bonds is 5. The Morgan fingerprint density at radius 1 is 1.43 bits per heavy atom. The molecule has 0 atom stereocenters. The minimum absolute atomic E-state index is 0.0298. The molecule has 1 saturated carbocycles. The number of carboxylic acids is 1. The van der Waals surface area contributed by atoms with Crippen LogP contribution in [0, 0.1) is 0 Å². The van der Waals surface area contributed by atoms with E-state index in [-0.39, 0.29) is 24.9 Å². The van der Waals surface area contributed by atoms with Gasteiger partial charge < -0.3 is 15.7 Å². The van der Waals surface area contributed by atoms with Gasteiger partial charge in [-0.1, -0.05) is 11.3 Å². The summed E-state index contributed by atoms with van der Waals surface area (Å²) in [6, 6.07) is 5.46. The highest BCUT2D eigenvalue weighted by atomic mass is 32.1. The first-order valence-corrected chi connectivity index (χ1v) is 7.55. The predicted molar refractivity (Wildman–Crippen MR) is 80.3 cm³/mol. The summed E-state index contributed by atoms with van der Waals surface area (Å²) < 4.78 is 0.868. The maximum absolute atomic E-state index is 12.6. The molecular weight excluding hydrogens is 290 g/mol. The average molecular weight is 305 g/mol. The number of carbonyl (C=O) groups excluding carboxylic acids is 1. The maximum atomic E-state index is 12.6. The summed E-state index contributed by atoms with van der Waals surface area (Å²) in [5, 5.41) is 9.27. The van der Waals surface area contributed by atoms with E-state index >= 15 is 0 Å². The Labute approximate surface area is 125 Å². The minimum atomic E-state index is -0.890. The Morgan fingerprint density at radius 2 is 2.19 bits per heavy atom. The van der Waals surface area contributed by atoms with Crippen molar-refractivity contribution in [2.45, 2.75) is 25.3 Å². The van der Waals surface area contributed by atoms with Crippen LogP contribution in [0.5, 0.6) is 0 Å². The average Bonchev–Trinajstić information content (AvgIpc) is 3.18. The number of nitrogens with zero attached hydrogens (tertiary/aromatic N) is 2. The van der Waals surface area contributed by atoms with Gasteiger partial charge in [0.25, 0.3) is 5.91 Å². The smallest absolute Gasteiger partial charge is 0.305 e. The first-order chi connectivity index (χ1) is 10.0. The van der Waals surface area contributed by atoms with E-state index in [9.17, 15) is 9.59 Å². The van der Waals surface area contributed by atoms with Crippen molar-refractivity contribution in [2.75, 3.05) is 12.3 Å². The van der Waals surface area contributed by atoms with E-state index in [1.54, 1.807) is 23.1 Å². The first-order valence-electron chi connectivity index (χ1n) is 6.73. The van der Waals surface area contributed by atoms with Gasteiger partial charge in [-0.15, -0.1) is 0 Å². The van der Waals surface area contributed by atoms with E-state index in [1.165, 1.54) is 11.3 Å². The van der Waals surface area contributed by atoms with E-state index in [0.29, 0.717) is 10.7 Å². The largest absolute Gasteiger partial charge is 0.481 e. The first kappa shape index (κ1) is 13.8. The summed E-state index contributed by atoms with van der Waals surface area (Å²) in [7, 11) is 0. The van der Waals surface area contributed by atoms with Crippen LogP contribution >= 0.6 is 11.3 Å². The Morgan fingerprint density at radius 3 is 2.86 bits per heavy atom. The van der Waals surface area contributed by atoms with Gasteiger partial charge >= 0.3 is 5.97 Å². The van der Waals surface area contributed by atoms with Crippen LogP contribution in [0.25, 0.3) is 10.2 Å². The molecule has 7 heteroatoms. The van der Waals surface area contributed by atoms with E-state index in [0.717, 1.165) is 23.1 Å². The van der Waals surface area contributed by atoms with E-state index in [1.807, 2.05) is 0 Å². The number of carbonyl (C=O) groups is 2. The number of nitrogens with two attached hydrogens (primary N) is 1. The standard InChI is InChI=1S/C14H15N3O3S/c15-14-16-10-4-1-8(7-11(10)21-14)13(20)17(9-2-3-9)6-5-12(18)19/h1,4,7,9H,2-3,5-6H2,(H2,15,16)(H,18,19). The quantitative estimate of drug-likeness (QED) is 0.880. The Kier molecular flexibility index (Phi) is 3.50. The molecule has 0 aliphatic heterocycles. The molecule has 3 rings (SSSR count). The second-order valence-electron chi connectivity index (χ2n) is 5.11. The van der Waals surface area contributed by atoms with Crippen LogP contribution in [0.2, 0.25) is 0 Å². The van der Waals surface area contributed by atoms with Crippen molar-refractivity contribution in [3.8, 4) is 0 Å². The third kappa shape index (κ3) is 2.97. The van der Waals surface area contributed by atoms with Gasteiger partial charge in [-0.05, 0) is 31.0 Å². The van der Waals surface area contributed by atoms with Crippen LogP contribution in [0.15, 0.2) is 18.2 Å². The lowest BCUT2D eigenvalue weighted by Gasteiger charge is -2.21. The van der Waals surface area contributed by atoms with Crippen molar-refractivity contribution in [3.05, 3.63) is 23.8 Å². The zero-order valence-corrected chi connectivity index (χ0v) is 12.1. The van der Waals surface area contributed by atoms with Gasteiger partial charge in [0.1, 0.15) is 0 Å². The molecule has 1 aromatic carbocycles. The molecule has 1 heterocycles. The molecule has 0 unspecified atom stereocenters. The molecule has 1 fully saturated rings. The summed E-state index contributed by atoms with van der Waals surface area (Å²) in [5.74, 6) is -1.01. The topological polar surface area (TPSA) is 96.5 Å². The van der Waals surface area contributed by atoms with Crippen molar-refractivity contribution in [2.24, 2.45) is 0 Å². The summed E-state index contributed by atoms with van der Waals surface area (Å²) >= 11 is 1.34. The summed E-state index contributed by atoms with van der Waals surface area (Å²) in [5.41, 5.74) is 7.00. The number of hydrogen-bond donors (Lipinski definition) is 2. The summed E-state index contributed by atoms with van der Waals surface area (Å²) in [6.07, 6.45) is 1.86. The molecule has 6 nitrogen and oxygen atoms in total. The van der Waals surface area contributed by atoms with Crippen molar-refractivity contribution in [1.82, 2.24) is 9.88 Å². The SMILES string of the molecule is Nc1nc2ccc(C(=O)N(CCC(=O)O)C3CC3)cc2s1. The number of nitrogen functional groups attached to an aromatic ring is 1. The number of fused-ring (bicyclic) bond motifs is 1. The van der Waals surface area contributed by atoms with E-state index in [4.69, 9.17) is 10.8 Å². The molecule has 2 aromatic rings. The van der Waals surface area contributed by atoms with Crippen molar-refractivity contribution < 1.29 is 14.7 Å². The van der Waals surface area contributed by atoms with Crippen molar-refractivity contribution >= 4 is 38.6 Å². The lowest BCUT2D eigenvalue weighted by molar-refractivity contribution is -0.137. The van der Waals surface area contributed by atoms with Crippen LogP contribution < -0.4 is 5.73 Å². The molecule has 1 aliphatic carbocycles. The molecule has 1 aromatic heterocycles. The van der Waals surface area contributed by atoms with Crippen LogP contribution in [0.1, 0.15) is 29.6 Å². The monoisotopic (exact) mass is 305 g/mol. The fraction of sp³-hybridized carbons (Fsp3) is 0.357. The van der Waals surface area contributed by atoms with Gasteiger partial charge in [0.05, 0.1) is 16.6 Å². The number of aromatic nitrogens is 1. The number of amides is 1. The van der Waals surface area contributed by atoms with Gasteiger partial charge in [-0.25, -0.2) is 4.98 Å². The summed E-state index contributed by atoms with van der Waals surface area (Å²) in [4.78, 5) is 29.1. The zero-order chi connectivity index (χ0) is 15.0. The second-order valence-corrected chi connectivity index (χ2v) is 6.17. The van der Waals surface area contributed by atoms with Crippen LogP contribution in [0.3, 0.4) is 0 Å². The number of hydrogen-bond acceptors (Lipinski definition) is 5. The van der Waals surface area contributed by atoms with Crippen molar-refractivity contribution in [1.29, 1.82) is 0 Å². The maximum Gasteiger partial charge on any atom is 0.305 e. The van der Waals surface area contributed by atoms with Gasteiger partial charge in [-0.3, -0.25) is 9.59 Å². The number of thiazole rings is 1. The van der Waals surface area contributed by atoms with E-state index < -0.39 is 5.97 Å². The molecule has 3 N–H and O–H groups in total. The molecular formula is C14H15N3O3S. The second kappa shape index (κ2) is 5.33. The Bertz CT molecular complexity index is 709. The number of benzene rings is 1. The molecule has 0 radical (unpaired) electrons. The lowest BCUT2D eigenvalue weighted by atomic mass is 10.2. The van der Waals surface area contributed by atoms with Gasteiger partial charge in [0.15, 0.2) is 5.13 Å². The third-order valence-electron chi connectivity index (χ3n) is 3.47. The Balaban J connectivity index is 1.84. The van der Waals surface area contributed by atoms with Crippen LogP contribution in [0.4, 0.5) is 5.13 Å². The highest BCUT2D eigenvalue weighted by molar-refractivity contribution is 7.22. The van der Waals surface area contributed by atoms with E-state index in [2.05, 4.69) is 4.98 Å². The Hall–Kier alpha value is -2.15. The van der Waals surface area contributed by atoms with Gasteiger partial charge in [0.2, 0.25) is 0 Å². The minimum Gasteiger partial charge on any atom is -0.481 e. The number of aliphatic carboxylic acids is 1. The molecule has 1 aliphatic rings. The van der Waals surface area contributed by atoms with Gasteiger partial charge in [-0.2, -0.15) is 0 Å². The van der Waals surface area contributed by atoms with Crippen LogP contribution in [-0.4, -0.2) is 39.5 Å². The molecule has 1 amide bonds. The molecule has 0 spiro atoms. The van der Waals surface area contributed by atoms with Gasteiger partial charge in [0, 0.05) is 18.2 Å². The fourth-order valence-corrected chi connectivity index (χ4v) is 3.07. The third-order valence-corrected chi connectivity index (χ3v) is 4.31. The van der Waals surface area contributed by atoms with Crippen LogP contribution in [-0.2, 0) is 4.79 Å². The predicted octanol–water partition coefficient (Wildman–Crippen LogP) is 1.96. The summed E-state index contributed by atoms with van der Waals surface area (Å²) in [6.45, 7) is 0.252. The lowest BCUT2D eigenvalue weighted by Crippen LogP contribution is -2.34. The fourth-order valence-electron chi connectivity index (χ4n) is 2.29. The highest BCUT2D eigenvalue weighted by Gasteiger charge is 2.33. The molecule has 0 saturated heterocycles. The molecule has 110 valence electrons. The number of anilines is 1. The number of carboxylic acid groups (broad SMARTS) is 1. The zero-order valence-electron chi connectivity index (χ0n) is 11.3. The highest BCUT2D eigenvalue weighted by Crippen LogP contribution is 2.30. The normalized spacial score (nSPS) is 14.3. The molecule has 21 heavy (non-hydrogen) atoms.